The van der Waals surface area contributed by atoms with Crippen LogP contribution in [0.2, 0.25) is 0 Å². The summed E-state index contributed by atoms with van der Waals surface area (Å²) < 4.78 is 11.1. The molecule has 0 amide bonds. The summed E-state index contributed by atoms with van der Waals surface area (Å²) in [4.78, 5) is 13.2. The first kappa shape index (κ1) is 19.5. The molecule has 1 fully saturated rings. The van der Waals surface area contributed by atoms with Gasteiger partial charge < -0.3 is 14.5 Å². The molecule has 1 aromatic rings. The van der Waals surface area contributed by atoms with E-state index in [0.717, 1.165) is 65.8 Å². The Bertz CT molecular complexity index is 806. The van der Waals surface area contributed by atoms with Gasteiger partial charge >= 0.3 is 0 Å². The minimum absolute atomic E-state index is 0.0793. The zero-order valence-electron chi connectivity index (χ0n) is 17.2. The number of unbranched alkanes of at least 4 members (excludes halogenated alkanes) is 1. The van der Waals surface area contributed by atoms with Crippen molar-refractivity contribution in [2.24, 2.45) is 4.99 Å². The van der Waals surface area contributed by atoms with Crippen LogP contribution in [0.15, 0.2) is 35.2 Å². The minimum Gasteiger partial charge on any atom is -0.454 e. The number of hydrogen-bond donors (Lipinski definition) is 1. The molecule has 2 heterocycles. The number of fused-ring (bicyclic) bond motifs is 1. The first-order chi connectivity index (χ1) is 12.8. The number of aliphatic imine (C=N–C) groups is 1. The molecule has 1 aliphatic carbocycles. The number of aromatic amines is 1. The topological polar surface area (TPSA) is 59.5 Å². The van der Waals surface area contributed by atoms with Gasteiger partial charge in [-0.15, -0.1) is 0 Å². The summed E-state index contributed by atoms with van der Waals surface area (Å²) in [5, 5.41) is 0. The lowest BCUT2D eigenvalue weighted by Crippen LogP contribution is -2.13. The lowest BCUT2D eigenvalue weighted by atomic mass is 9.93. The Morgan fingerprint density at radius 1 is 1.33 bits per heavy atom. The molecule has 1 aliphatic heterocycles. The Morgan fingerprint density at radius 3 is 2.78 bits per heavy atom. The fourth-order valence-corrected chi connectivity index (χ4v) is 3.28. The van der Waals surface area contributed by atoms with Crippen LogP contribution in [0.3, 0.4) is 0 Å². The highest BCUT2D eigenvalue weighted by Gasteiger charge is 2.29. The molecule has 146 valence electrons. The maximum Gasteiger partial charge on any atom is 0.231 e. The second kappa shape index (κ2) is 7.75. The molecule has 1 aromatic heterocycles. The van der Waals surface area contributed by atoms with Crippen molar-refractivity contribution in [2.45, 2.75) is 71.6 Å². The van der Waals surface area contributed by atoms with Gasteiger partial charge in [-0.25, -0.2) is 4.98 Å². The van der Waals surface area contributed by atoms with E-state index in [1.165, 1.54) is 0 Å². The second-order valence-electron chi connectivity index (χ2n) is 8.34. The number of rotatable bonds is 6. The van der Waals surface area contributed by atoms with Crippen LogP contribution >= 0.6 is 0 Å². The number of ether oxygens (including phenoxy) is 2. The van der Waals surface area contributed by atoms with E-state index in [4.69, 9.17) is 19.5 Å². The van der Waals surface area contributed by atoms with Crippen LogP contribution in [0.5, 0.6) is 0 Å². The van der Waals surface area contributed by atoms with Crippen molar-refractivity contribution in [3.05, 3.63) is 47.5 Å². The highest BCUT2D eigenvalue weighted by atomic mass is 16.7. The highest BCUT2D eigenvalue weighted by molar-refractivity contribution is 5.87. The van der Waals surface area contributed by atoms with E-state index in [1.807, 2.05) is 0 Å². The fraction of sp³-hybridized carbons (Fsp3) is 0.545. The van der Waals surface area contributed by atoms with Gasteiger partial charge in [0.25, 0.3) is 0 Å². The lowest BCUT2D eigenvalue weighted by Gasteiger charge is -2.17. The summed E-state index contributed by atoms with van der Waals surface area (Å²) in [6.07, 6.45) is 8.34. The number of hydrogen-bond acceptors (Lipinski definition) is 4. The number of imidazole rings is 1. The summed E-state index contributed by atoms with van der Waals surface area (Å²) in [5.74, 6) is 2.76. The van der Waals surface area contributed by atoms with Crippen molar-refractivity contribution in [3.8, 4) is 0 Å². The Hall–Kier alpha value is -2.30. The van der Waals surface area contributed by atoms with Crippen molar-refractivity contribution in [1.29, 1.82) is 0 Å². The first-order valence-electron chi connectivity index (χ1n) is 9.81. The average Bonchev–Trinajstić information content (AvgIpc) is 3.25. The Balaban J connectivity index is 1.94. The number of nitrogens with zero attached hydrogens (tertiary/aromatic N) is 2. The SMILES string of the molecule is C=C(N=C(C)CCCC)c1nc(C(C)(C)C)[nH]c1C1C=C2OCOC2=CC1. The quantitative estimate of drug-likeness (QED) is 0.665. The summed E-state index contributed by atoms with van der Waals surface area (Å²) in [7, 11) is 0. The number of aromatic nitrogens is 2. The van der Waals surface area contributed by atoms with Gasteiger partial charge in [-0.05, 0) is 38.3 Å². The van der Waals surface area contributed by atoms with Crippen molar-refractivity contribution in [2.75, 3.05) is 6.79 Å². The van der Waals surface area contributed by atoms with Crippen molar-refractivity contribution >= 4 is 11.4 Å². The Morgan fingerprint density at radius 2 is 2.07 bits per heavy atom. The van der Waals surface area contributed by atoms with Crippen LogP contribution in [0.1, 0.15) is 83.4 Å². The van der Waals surface area contributed by atoms with E-state index >= 15 is 0 Å². The molecule has 1 atom stereocenters. The molecule has 1 saturated heterocycles. The van der Waals surface area contributed by atoms with Crippen LogP contribution in [-0.2, 0) is 14.9 Å². The average molecular weight is 370 g/mol. The van der Waals surface area contributed by atoms with Crippen LogP contribution in [0, 0.1) is 0 Å². The number of H-pyrrole nitrogens is 1. The summed E-state index contributed by atoms with van der Waals surface area (Å²) >= 11 is 0. The lowest BCUT2D eigenvalue weighted by molar-refractivity contribution is 0.0977. The molecule has 27 heavy (non-hydrogen) atoms. The minimum atomic E-state index is -0.0793. The molecule has 0 aromatic carbocycles. The van der Waals surface area contributed by atoms with Crippen molar-refractivity contribution in [3.63, 3.8) is 0 Å². The maximum atomic E-state index is 5.58. The predicted molar refractivity (Wildman–Crippen MR) is 110 cm³/mol. The van der Waals surface area contributed by atoms with Gasteiger partial charge in [-0.3, -0.25) is 4.99 Å². The Kier molecular flexibility index (Phi) is 5.59. The summed E-state index contributed by atoms with van der Waals surface area (Å²) in [5.41, 5.74) is 3.65. The molecule has 5 heteroatoms. The third-order valence-corrected chi connectivity index (χ3v) is 4.89. The molecule has 1 N–H and O–H groups in total. The van der Waals surface area contributed by atoms with E-state index < -0.39 is 0 Å². The van der Waals surface area contributed by atoms with Gasteiger partial charge in [0.1, 0.15) is 11.5 Å². The molecule has 0 radical (unpaired) electrons. The maximum absolute atomic E-state index is 5.58. The molecule has 0 saturated carbocycles. The van der Waals surface area contributed by atoms with Gasteiger partial charge in [0.15, 0.2) is 11.5 Å². The van der Waals surface area contributed by atoms with Gasteiger partial charge in [-0.1, -0.05) is 40.7 Å². The first-order valence-corrected chi connectivity index (χ1v) is 9.81. The van der Waals surface area contributed by atoms with E-state index in [9.17, 15) is 0 Å². The summed E-state index contributed by atoms with van der Waals surface area (Å²) in [6, 6.07) is 0. The molecule has 5 nitrogen and oxygen atoms in total. The zero-order chi connectivity index (χ0) is 19.6. The van der Waals surface area contributed by atoms with Gasteiger partial charge in [0.2, 0.25) is 6.79 Å². The van der Waals surface area contributed by atoms with E-state index in [-0.39, 0.29) is 11.3 Å². The van der Waals surface area contributed by atoms with Gasteiger partial charge in [0.05, 0.1) is 11.4 Å². The highest BCUT2D eigenvalue weighted by Crippen LogP contribution is 2.37. The van der Waals surface area contributed by atoms with E-state index in [2.05, 4.69) is 58.3 Å². The molecule has 0 bridgehead atoms. The molecule has 3 rings (SSSR count). The standard InChI is InChI=1S/C22H31N3O2/c1-7-8-9-14(2)23-15(3)19-20(25-21(24-19)22(4,5)6)16-10-11-17-18(12-16)27-13-26-17/h11-12,16H,3,7-10,13H2,1-2,4-6H3,(H,24,25). The van der Waals surface area contributed by atoms with Crippen LogP contribution in [-0.4, -0.2) is 22.5 Å². The smallest absolute Gasteiger partial charge is 0.231 e. The zero-order valence-corrected chi connectivity index (χ0v) is 17.2. The second-order valence-corrected chi connectivity index (χ2v) is 8.34. The van der Waals surface area contributed by atoms with Crippen LogP contribution in [0.25, 0.3) is 5.70 Å². The number of allylic oxidation sites excluding steroid dienone is 2. The molecular weight excluding hydrogens is 338 g/mol. The van der Waals surface area contributed by atoms with Crippen molar-refractivity contribution in [1.82, 2.24) is 9.97 Å². The summed E-state index contributed by atoms with van der Waals surface area (Å²) in [6.45, 7) is 15.2. The number of nitrogens with one attached hydrogen (secondary N) is 1. The molecule has 0 spiro atoms. The van der Waals surface area contributed by atoms with E-state index in [1.54, 1.807) is 0 Å². The van der Waals surface area contributed by atoms with Gasteiger partial charge in [-0.2, -0.15) is 0 Å². The van der Waals surface area contributed by atoms with Crippen LogP contribution in [0.4, 0.5) is 0 Å². The molecule has 2 aliphatic rings. The monoisotopic (exact) mass is 369 g/mol. The third kappa shape index (κ3) is 4.34. The molecule has 1 unspecified atom stereocenters. The fourth-order valence-electron chi connectivity index (χ4n) is 3.28. The largest absolute Gasteiger partial charge is 0.454 e. The van der Waals surface area contributed by atoms with Gasteiger partial charge in [0, 0.05) is 17.0 Å². The third-order valence-electron chi connectivity index (χ3n) is 4.89. The van der Waals surface area contributed by atoms with Crippen molar-refractivity contribution < 1.29 is 9.47 Å². The predicted octanol–water partition coefficient (Wildman–Crippen LogP) is 5.59. The van der Waals surface area contributed by atoms with Crippen LogP contribution < -0.4 is 0 Å². The Labute approximate surface area is 162 Å². The van der Waals surface area contributed by atoms with E-state index in [0.29, 0.717) is 6.79 Å². The normalized spacial score (nSPS) is 19.7. The molecular formula is C22H31N3O2.